The van der Waals surface area contributed by atoms with E-state index in [2.05, 4.69) is 190 Å². The van der Waals surface area contributed by atoms with Gasteiger partial charge in [-0.05, 0) is 69.4 Å². The molecule has 0 amide bonds. The molecule has 1 spiro atoms. The van der Waals surface area contributed by atoms with Crippen molar-refractivity contribution in [2.75, 3.05) is 0 Å². The van der Waals surface area contributed by atoms with E-state index in [9.17, 15) is 0 Å². The smallest absolute Gasteiger partial charge is 0.0390 e. The van der Waals surface area contributed by atoms with Crippen molar-refractivity contribution in [2.45, 2.75) is 132 Å². The van der Waals surface area contributed by atoms with Gasteiger partial charge in [-0.3, -0.25) is 0 Å². The lowest BCUT2D eigenvalue weighted by molar-refractivity contribution is -0.0118. The third kappa shape index (κ3) is 8.27. The van der Waals surface area contributed by atoms with E-state index in [-0.39, 0.29) is 16.2 Å². The number of hydrogen-bond donors (Lipinski definition) is 0. The summed E-state index contributed by atoms with van der Waals surface area (Å²) in [6.45, 7) is 25.3. The predicted molar refractivity (Wildman–Crippen MR) is 216 cm³/mol. The summed E-state index contributed by atoms with van der Waals surface area (Å²) in [6, 6.07) is 32.5. The molecule has 1 saturated carbocycles. The molecule has 0 bridgehead atoms. The quantitative estimate of drug-likeness (QED) is 0.246. The molecule has 0 nitrogen and oxygen atoms in total. The van der Waals surface area contributed by atoms with E-state index in [0.29, 0.717) is 21.7 Å². The average Bonchev–Trinajstić information content (AvgIpc) is 3.66. The van der Waals surface area contributed by atoms with Gasteiger partial charge in [-0.1, -0.05) is 223 Å². The van der Waals surface area contributed by atoms with Crippen LogP contribution in [0, 0.1) is 27.1 Å². The van der Waals surface area contributed by atoms with Gasteiger partial charge in [-0.2, -0.15) is 0 Å². The van der Waals surface area contributed by atoms with Crippen molar-refractivity contribution in [3.63, 3.8) is 0 Å². The molecule has 7 rings (SSSR count). The number of allylic oxidation sites excluding steroid dienone is 6. The van der Waals surface area contributed by atoms with Crippen LogP contribution < -0.4 is 0 Å². The van der Waals surface area contributed by atoms with Crippen molar-refractivity contribution in [3.05, 3.63) is 144 Å². The fourth-order valence-electron chi connectivity index (χ4n) is 9.74. The van der Waals surface area contributed by atoms with Gasteiger partial charge in [-0.15, -0.1) is 0 Å². The lowest BCUT2D eigenvalue weighted by atomic mass is 9.52. The van der Waals surface area contributed by atoms with E-state index in [0.717, 1.165) is 6.42 Å². The predicted octanol–water partition coefficient (Wildman–Crippen LogP) is 14.5. The van der Waals surface area contributed by atoms with E-state index < -0.39 is 0 Å². The van der Waals surface area contributed by atoms with Gasteiger partial charge in [-0.25, -0.2) is 0 Å². The summed E-state index contributed by atoms with van der Waals surface area (Å²) in [5.74, 6) is 0. The Morgan fingerprint density at radius 3 is 1.14 bits per heavy atom. The maximum absolute atomic E-state index is 2.47. The third-order valence-corrected chi connectivity index (χ3v) is 12.4. The first-order chi connectivity index (χ1) is 23.1. The van der Waals surface area contributed by atoms with Crippen LogP contribution in [0.15, 0.2) is 127 Å². The fourth-order valence-corrected chi connectivity index (χ4v) is 9.74. The van der Waals surface area contributed by atoms with Crippen LogP contribution in [0.5, 0.6) is 0 Å². The Morgan fingerprint density at radius 1 is 0.388 bits per heavy atom. The van der Waals surface area contributed by atoms with E-state index >= 15 is 0 Å². The summed E-state index contributed by atoms with van der Waals surface area (Å²) in [5, 5.41) is 0. The Hall–Kier alpha value is -3.12. The van der Waals surface area contributed by atoms with Gasteiger partial charge in [0.2, 0.25) is 0 Å². The highest BCUT2D eigenvalue weighted by Crippen LogP contribution is 2.64. The zero-order chi connectivity index (χ0) is 36.0. The molecule has 0 N–H and O–H groups in total. The summed E-state index contributed by atoms with van der Waals surface area (Å²) in [6.07, 6.45) is 24.0. The van der Waals surface area contributed by atoms with Crippen molar-refractivity contribution in [1.82, 2.24) is 0 Å². The van der Waals surface area contributed by atoms with Crippen LogP contribution in [0.1, 0.15) is 138 Å². The largest absolute Gasteiger partial charge is 0.0819 e. The zero-order valence-electron chi connectivity index (χ0n) is 33.1. The van der Waals surface area contributed by atoms with Crippen molar-refractivity contribution in [3.8, 4) is 0 Å². The van der Waals surface area contributed by atoms with Gasteiger partial charge in [0, 0.05) is 10.8 Å². The highest BCUT2D eigenvalue weighted by molar-refractivity contribution is 5.47. The topological polar surface area (TPSA) is 0 Å². The molecular weight excluding hydrogens is 589 g/mol. The first kappa shape index (κ1) is 38.7. The molecule has 0 heterocycles. The first-order valence-electron chi connectivity index (χ1n) is 19.3. The second-order valence-electron chi connectivity index (χ2n) is 17.9. The average molecular weight is 657 g/mol. The van der Waals surface area contributed by atoms with E-state index in [1.165, 1.54) is 55.2 Å². The Morgan fingerprint density at radius 2 is 0.776 bits per heavy atom. The van der Waals surface area contributed by atoms with Crippen LogP contribution in [-0.2, 0) is 10.8 Å². The van der Waals surface area contributed by atoms with Crippen molar-refractivity contribution in [2.24, 2.45) is 27.1 Å². The van der Waals surface area contributed by atoms with E-state index in [1.54, 1.807) is 0 Å². The van der Waals surface area contributed by atoms with Gasteiger partial charge < -0.3 is 0 Å². The van der Waals surface area contributed by atoms with Crippen LogP contribution >= 0.6 is 0 Å². The minimum atomic E-state index is 0.0337. The van der Waals surface area contributed by atoms with Crippen LogP contribution in [0.3, 0.4) is 0 Å². The maximum Gasteiger partial charge on any atom is 0.0390 e. The van der Waals surface area contributed by atoms with Crippen LogP contribution in [0.4, 0.5) is 0 Å². The molecule has 4 aliphatic rings. The van der Waals surface area contributed by atoms with Crippen LogP contribution in [-0.4, -0.2) is 0 Å². The van der Waals surface area contributed by atoms with E-state index in [1.807, 2.05) is 13.8 Å². The lowest BCUT2D eigenvalue weighted by Crippen LogP contribution is -2.44. The second kappa shape index (κ2) is 15.0. The monoisotopic (exact) mass is 657 g/mol. The Balaban J connectivity index is 0.000000164. The zero-order valence-corrected chi connectivity index (χ0v) is 33.1. The van der Waals surface area contributed by atoms with Gasteiger partial charge in [0.15, 0.2) is 0 Å². The minimum absolute atomic E-state index is 0.0337. The Bertz CT molecular complexity index is 1480. The van der Waals surface area contributed by atoms with Crippen LogP contribution in [0.25, 0.3) is 0 Å². The molecule has 0 radical (unpaired) electrons. The van der Waals surface area contributed by atoms with Gasteiger partial charge in [0.25, 0.3) is 0 Å². The van der Waals surface area contributed by atoms with Crippen molar-refractivity contribution < 1.29 is 0 Å². The molecule has 0 saturated heterocycles. The second-order valence-corrected chi connectivity index (χ2v) is 17.9. The Labute approximate surface area is 302 Å². The molecule has 4 aliphatic carbocycles. The molecule has 1 atom stereocenters. The highest BCUT2D eigenvalue weighted by Gasteiger charge is 2.55. The summed E-state index contributed by atoms with van der Waals surface area (Å²) in [7, 11) is 0. The first-order valence-corrected chi connectivity index (χ1v) is 19.3. The molecule has 49 heavy (non-hydrogen) atoms. The number of rotatable bonds is 3. The van der Waals surface area contributed by atoms with E-state index in [4.69, 9.17) is 0 Å². The third-order valence-electron chi connectivity index (χ3n) is 12.4. The molecule has 0 aromatic heterocycles. The summed E-state index contributed by atoms with van der Waals surface area (Å²) in [5.41, 5.74) is 6.48. The minimum Gasteiger partial charge on any atom is -0.0819 e. The van der Waals surface area contributed by atoms with Crippen LogP contribution in [0.2, 0.25) is 0 Å². The molecule has 3 aromatic carbocycles. The highest BCUT2D eigenvalue weighted by atomic mass is 14.6. The SMILES string of the molecule is CC.CC1(C)C=CC(C)(C)C12CCCCC2.CC1(C)C=CC(C)(c2ccccc2)C1.CC1(C)C=CC(c2ccccc2)(c2ccccc2)C1. The molecule has 0 aliphatic heterocycles. The van der Waals surface area contributed by atoms with Crippen molar-refractivity contribution >= 4 is 0 Å². The molecule has 1 unspecified atom stereocenters. The lowest BCUT2D eigenvalue weighted by Gasteiger charge is -2.52. The maximum atomic E-state index is 2.47. The molecule has 1 fully saturated rings. The number of benzene rings is 3. The van der Waals surface area contributed by atoms with Gasteiger partial charge in [0.05, 0.1) is 0 Å². The molecule has 3 aromatic rings. The Kier molecular flexibility index (Phi) is 11.8. The fraction of sp³-hybridized carbons (Fsp3) is 0.510. The molecule has 0 heteroatoms. The molecular formula is C49H68. The summed E-state index contributed by atoms with van der Waals surface area (Å²) < 4.78 is 0. The standard InChI is InChI=1S/C19H20.C14H24.C14H18.C2H6/c1-18(2)13-14-19(15-18,16-9-5-3-6-10-16)17-11-7-4-8-12-17;1-12(2)10-11-13(3,4)14(12)8-6-5-7-9-14;1-13(2)9-10-14(3,11-13)12-7-5-4-6-8-12;1-2/h3-14H,15H2,1-2H3;10-11H,5-9H2,1-4H3;4-10H,11H2,1-3H3;1-2H3. The van der Waals surface area contributed by atoms with Gasteiger partial charge >= 0.3 is 0 Å². The summed E-state index contributed by atoms with van der Waals surface area (Å²) in [4.78, 5) is 0. The van der Waals surface area contributed by atoms with Crippen molar-refractivity contribution in [1.29, 1.82) is 0 Å². The number of hydrogen-bond acceptors (Lipinski definition) is 0. The normalized spacial score (nSPS) is 25.3. The van der Waals surface area contributed by atoms with Gasteiger partial charge in [0.1, 0.15) is 0 Å². The molecule has 264 valence electrons. The summed E-state index contributed by atoms with van der Waals surface area (Å²) >= 11 is 0.